The molecule has 16 heavy (non-hydrogen) atoms. The highest BCUT2D eigenvalue weighted by Gasteiger charge is 1.97. The summed E-state index contributed by atoms with van der Waals surface area (Å²) >= 11 is 0. The molecule has 0 aromatic carbocycles. The summed E-state index contributed by atoms with van der Waals surface area (Å²) in [6.07, 6.45) is 6.47. The summed E-state index contributed by atoms with van der Waals surface area (Å²) < 4.78 is 9.28. The Hall–Kier alpha value is -1.17. The third-order valence-electron chi connectivity index (χ3n) is 2.05. The number of hydrogen-bond donors (Lipinski definition) is 0. The second kappa shape index (κ2) is 11.9. The van der Waals surface area contributed by atoms with Crippen LogP contribution in [0.3, 0.4) is 0 Å². The van der Waals surface area contributed by atoms with Gasteiger partial charge in [0.05, 0.1) is 6.61 Å². The molecule has 0 amide bonds. The normalized spacial score (nSPS) is 9.12. The van der Waals surface area contributed by atoms with Crippen molar-refractivity contribution in [3.63, 3.8) is 0 Å². The van der Waals surface area contributed by atoms with Gasteiger partial charge in [-0.2, -0.15) is 0 Å². The smallest absolute Gasteiger partial charge is 0.435 e. The van der Waals surface area contributed by atoms with Gasteiger partial charge in [-0.15, -0.1) is 0 Å². The van der Waals surface area contributed by atoms with E-state index in [-0.39, 0.29) is 6.61 Å². The van der Waals surface area contributed by atoms with Crippen LogP contribution in [0.5, 0.6) is 0 Å². The molecule has 0 atom stereocenters. The standard InChI is InChI=1S/C13H22O3/c1-3-5-6-7-8-9-10-11-12-16-13(14)15-4-2/h3-9,12H2,1-2H3. The lowest BCUT2D eigenvalue weighted by molar-refractivity contribution is 0.0686. The molecule has 0 saturated carbocycles. The molecule has 0 radical (unpaired) electrons. The number of hydrogen-bond acceptors (Lipinski definition) is 3. The highest BCUT2D eigenvalue weighted by molar-refractivity contribution is 5.59. The van der Waals surface area contributed by atoms with Crippen LogP contribution in [0.1, 0.15) is 52.4 Å². The molecule has 0 N–H and O–H groups in total. The van der Waals surface area contributed by atoms with Crippen molar-refractivity contribution in [1.82, 2.24) is 0 Å². The van der Waals surface area contributed by atoms with E-state index < -0.39 is 6.16 Å². The molecule has 0 saturated heterocycles. The Morgan fingerprint density at radius 3 is 2.44 bits per heavy atom. The Labute approximate surface area is 98.5 Å². The maximum Gasteiger partial charge on any atom is 0.509 e. The van der Waals surface area contributed by atoms with E-state index in [0.29, 0.717) is 6.61 Å². The summed E-state index contributed by atoms with van der Waals surface area (Å²) in [4.78, 5) is 10.7. The Balaban J connectivity index is 3.25. The van der Waals surface area contributed by atoms with Gasteiger partial charge < -0.3 is 9.47 Å². The molecule has 0 fully saturated rings. The van der Waals surface area contributed by atoms with Crippen LogP contribution in [-0.2, 0) is 9.47 Å². The largest absolute Gasteiger partial charge is 0.509 e. The minimum absolute atomic E-state index is 0.133. The minimum atomic E-state index is -0.639. The average molecular weight is 226 g/mol. The van der Waals surface area contributed by atoms with Gasteiger partial charge in [0.15, 0.2) is 6.61 Å². The van der Waals surface area contributed by atoms with Gasteiger partial charge in [0.1, 0.15) is 0 Å². The number of ether oxygens (including phenoxy) is 2. The molecule has 3 nitrogen and oxygen atoms in total. The van der Waals surface area contributed by atoms with Crippen molar-refractivity contribution in [2.75, 3.05) is 13.2 Å². The quantitative estimate of drug-likeness (QED) is 0.378. The molecule has 0 spiro atoms. The predicted molar refractivity (Wildman–Crippen MR) is 64.1 cm³/mol. The van der Waals surface area contributed by atoms with Crippen LogP contribution in [0, 0.1) is 11.8 Å². The maximum absolute atomic E-state index is 10.7. The van der Waals surface area contributed by atoms with E-state index >= 15 is 0 Å². The van der Waals surface area contributed by atoms with E-state index in [2.05, 4.69) is 23.5 Å². The summed E-state index contributed by atoms with van der Waals surface area (Å²) in [5.74, 6) is 5.77. The van der Waals surface area contributed by atoms with Crippen LogP contribution in [-0.4, -0.2) is 19.4 Å². The molecule has 3 heteroatoms. The van der Waals surface area contributed by atoms with E-state index in [9.17, 15) is 4.79 Å². The van der Waals surface area contributed by atoms with Crippen molar-refractivity contribution in [3.05, 3.63) is 0 Å². The fourth-order valence-electron chi connectivity index (χ4n) is 1.21. The number of unbranched alkanes of at least 4 members (excludes halogenated alkanes) is 5. The second-order valence-corrected chi connectivity index (χ2v) is 3.49. The van der Waals surface area contributed by atoms with Gasteiger partial charge >= 0.3 is 6.16 Å². The molecule has 92 valence electrons. The molecule has 0 aromatic heterocycles. The Bertz CT molecular complexity index is 225. The molecular weight excluding hydrogens is 204 g/mol. The van der Waals surface area contributed by atoms with Crippen LogP contribution in [0.4, 0.5) is 4.79 Å². The fraction of sp³-hybridized carbons (Fsp3) is 0.769. The minimum Gasteiger partial charge on any atom is -0.435 e. The zero-order valence-electron chi connectivity index (χ0n) is 10.4. The summed E-state index contributed by atoms with van der Waals surface area (Å²) in [6, 6.07) is 0. The second-order valence-electron chi connectivity index (χ2n) is 3.49. The van der Waals surface area contributed by atoms with E-state index in [4.69, 9.17) is 4.74 Å². The monoisotopic (exact) mass is 226 g/mol. The van der Waals surface area contributed by atoms with Gasteiger partial charge in [-0.1, -0.05) is 44.4 Å². The lowest BCUT2D eigenvalue weighted by atomic mass is 10.1. The van der Waals surface area contributed by atoms with Crippen LogP contribution in [0.25, 0.3) is 0 Å². The van der Waals surface area contributed by atoms with E-state index in [0.717, 1.165) is 12.8 Å². The topological polar surface area (TPSA) is 35.5 Å². The molecule has 0 aliphatic heterocycles. The van der Waals surface area contributed by atoms with E-state index in [1.807, 2.05) is 0 Å². The van der Waals surface area contributed by atoms with Crippen molar-refractivity contribution in [2.24, 2.45) is 0 Å². The van der Waals surface area contributed by atoms with Gasteiger partial charge in [0.2, 0.25) is 0 Å². The summed E-state index contributed by atoms with van der Waals surface area (Å²) in [6.45, 7) is 4.41. The molecule has 0 aromatic rings. The first-order valence-corrected chi connectivity index (χ1v) is 6.06. The zero-order chi connectivity index (χ0) is 12.1. The average Bonchev–Trinajstić information content (AvgIpc) is 2.27. The number of carbonyl (C=O) groups is 1. The Morgan fingerprint density at radius 2 is 1.75 bits per heavy atom. The van der Waals surface area contributed by atoms with Crippen LogP contribution < -0.4 is 0 Å². The summed E-state index contributed by atoms with van der Waals surface area (Å²) in [7, 11) is 0. The molecule has 0 heterocycles. The fourth-order valence-corrected chi connectivity index (χ4v) is 1.21. The lowest BCUT2D eigenvalue weighted by Gasteiger charge is -1.98. The SMILES string of the molecule is CCCCCCCC#CCOC(=O)OCC. The Morgan fingerprint density at radius 1 is 1.00 bits per heavy atom. The molecule has 0 aliphatic rings. The van der Waals surface area contributed by atoms with Crippen LogP contribution in [0.15, 0.2) is 0 Å². The van der Waals surface area contributed by atoms with Gasteiger partial charge in [0.25, 0.3) is 0 Å². The van der Waals surface area contributed by atoms with Crippen molar-refractivity contribution in [1.29, 1.82) is 0 Å². The van der Waals surface area contributed by atoms with Crippen LogP contribution >= 0.6 is 0 Å². The lowest BCUT2D eigenvalue weighted by Crippen LogP contribution is -2.06. The van der Waals surface area contributed by atoms with Gasteiger partial charge in [0, 0.05) is 6.42 Å². The van der Waals surface area contributed by atoms with Crippen molar-refractivity contribution in [2.45, 2.75) is 52.4 Å². The van der Waals surface area contributed by atoms with Gasteiger partial charge in [-0.25, -0.2) is 4.79 Å². The highest BCUT2D eigenvalue weighted by Crippen LogP contribution is 2.03. The van der Waals surface area contributed by atoms with Crippen LogP contribution in [0.2, 0.25) is 0 Å². The Kier molecular flexibility index (Phi) is 11.0. The first kappa shape index (κ1) is 14.8. The van der Waals surface area contributed by atoms with Crippen molar-refractivity contribution in [3.8, 4) is 11.8 Å². The van der Waals surface area contributed by atoms with Crippen molar-refractivity contribution >= 4 is 6.16 Å². The third kappa shape index (κ3) is 10.9. The molecule has 0 aliphatic carbocycles. The zero-order valence-corrected chi connectivity index (χ0v) is 10.4. The summed E-state index contributed by atoms with van der Waals surface area (Å²) in [5, 5.41) is 0. The summed E-state index contributed by atoms with van der Waals surface area (Å²) in [5.41, 5.74) is 0. The highest BCUT2D eigenvalue weighted by atomic mass is 16.7. The first-order chi connectivity index (χ1) is 7.81. The van der Waals surface area contributed by atoms with E-state index in [1.165, 1.54) is 25.7 Å². The van der Waals surface area contributed by atoms with Gasteiger partial charge in [-0.05, 0) is 13.3 Å². The van der Waals surface area contributed by atoms with E-state index in [1.54, 1.807) is 6.92 Å². The third-order valence-corrected chi connectivity index (χ3v) is 2.05. The van der Waals surface area contributed by atoms with Gasteiger partial charge in [-0.3, -0.25) is 0 Å². The number of rotatable bonds is 7. The maximum atomic E-state index is 10.7. The number of carbonyl (C=O) groups excluding carboxylic acids is 1. The van der Waals surface area contributed by atoms with Crippen molar-refractivity contribution < 1.29 is 14.3 Å². The molecule has 0 unspecified atom stereocenters. The molecule has 0 bridgehead atoms. The molecular formula is C13H22O3. The first-order valence-electron chi connectivity index (χ1n) is 6.06. The predicted octanol–water partition coefficient (Wildman–Crippen LogP) is 3.52. The molecule has 0 rings (SSSR count).